The van der Waals surface area contributed by atoms with Crippen LogP contribution in [0.15, 0.2) is 35.4 Å². The first kappa shape index (κ1) is 17.9. The Labute approximate surface area is 151 Å². The molecule has 1 saturated carbocycles. The second-order valence-corrected chi connectivity index (χ2v) is 8.44. The summed E-state index contributed by atoms with van der Waals surface area (Å²) >= 11 is 0. The molecule has 0 aliphatic heterocycles. The first-order valence-electron chi connectivity index (χ1n) is 8.12. The minimum absolute atomic E-state index is 0.0822. The number of nitrogens with two attached hydrogens (primary N) is 1. The number of rotatable bonds is 7. The zero-order chi connectivity index (χ0) is 18.9. The lowest BCUT2D eigenvalue weighted by Crippen LogP contribution is -2.12. The molecule has 1 aromatic heterocycles. The van der Waals surface area contributed by atoms with E-state index < -0.39 is 15.7 Å². The van der Waals surface area contributed by atoms with Crippen LogP contribution < -0.4 is 11.1 Å². The largest absolute Gasteiger partial charge is 0.365 e. The number of nitriles is 1. The van der Waals surface area contributed by atoms with E-state index in [4.69, 9.17) is 11.0 Å². The van der Waals surface area contributed by atoms with Crippen molar-refractivity contribution in [1.82, 2.24) is 9.78 Å². The molecular weight excluding hydrogens is 354 g/mol. The lowest BCUT2D eigenvalue weighted by Gasteiger charge is -2.12. The quantitative estimate of drug-likeness (QED) is 0.763. The maximum Gasteiger partial charge on any atom is 0.254 e. The molecule has 3 rings (SSSR count). The second-order valence-electron chi connectivity index (χ2n) is 6.42. The number of benzene rings is 1. The van der Waals surface area contributed by atoms with Crippen molar-refractivity contribution in [3.05, 3.63) is 36.0 Å². The molecule has 1 aliphatic rings. The lowest BCUT2D eigenvalue weighted by atomic mass is 10.1. The minimum Gasteiger partial charge on any atom is -0.365 e. The van der Waals surface area contributed by atoms with Crippen LogP contribution in [0.1, 0.15) is 35.7 Å². The Balaban J connectivity index is 1.89. The number of hydrogen-bond acceptors (Lipinski definition) is 6. The van der Waals surface area contributed by atoms with Crippen molar-refractivity contribution >= 4 is 27.2 Å². The average Bonchev–Trinajstić information content (AvgIpc) is 3.32. The standard InChI is InChI=1S/C17H19N5O3S/c1-26(24,25)13-6-4-12(5-7-13)20-17-14(16(19)23)10-22(21-17)15(8-9-18)11-2-3-11/h4-7,10-11,15H,2-3,8H2,1H3,(H2,19,23)(H,20,21)/t15-/m0/s1. The summed E-state index contributed by atoms with van der Waals surface area (Å²) in [6, 6.07) is 8.21. The highest BCUT2D eigenvalue weighted by Crippen LogP contribution is 2.41. The predicted octanol–water partition coefficient (Wildman–Crippen LogP) is 1.99. The monoisotopic (exact) mass is 373 g/mol. The van der Waals surface area contributed by atoms with Crippen molar-refractivity contribution in [3.63, 3.8) is 0 Å². The van der Waals surface area contributed by atoms with Crippen LogP contribution in [0.5, 0.6) is 0 Å². The van der Waals surface area contributed by atoms with Crippen molar-refractivity contribution in [2.75, 3.05) is 11.6 Å². The van der Waals surface area contributed by atoms with Gasteiger partial charge in [0.25, 0.3) is 5.91 Å². The first-order valence-corrected chi connectivity index (χ1v) is 10.0. The number of nitrogens with zero attached hydrogens (tertiary/aromatic N) is 3. The minimum atomic E-state index is -3.28. The van der Waals surface area contributed by atoms with E-state index in [0.29, 0.717) is 18.0 Å². The van der Waals surface area contributed by atoms with Crippen molar-refractivity contribution in [2.24, 2.45) is 11.7 Å². The number of carbonyl (C=O) groups is 1. The number of sulfone groups is 1. The van der Waals surface area contributed by atoms with E-state index in [2.05, 4.69) is 16.5 Å². The zero-order valence-electron chi connectivity index (χ0n) is 14.2. The van der Waals surface area contributed by atoms with Gasteiger partial charge in [-0.1, -0.05) is 0 Å². The molecule has 1 atom stereocenters. The molecule has 2 aromatic rings. The van der Waals surface area contributed by atoms with Gasteiger partial charge in [0, 0.05) is 18.1 Å². The Hall–Kier alpha value is -2.86. The number of nitrogens with one attached hydrogen (secondary N) is 1. The zero-order valence-corrected chi connectivity index (χ0v) is 15.0. The van der Waals surface area contributed by atoms with Gasteiger partial charge in [-0.3, -0.25) is 9.48 Å². The Bertz CT molecular complexity index is 969. The number of anilines is 2. The van der Waals surface area contributed by atoms with Gasteiger partial charge in [-0.05, 0) is 43.0 Å². The summed E-state index contributed by atoms with van der Waals surface area (Å²) in [4.78, 5) is 12.0. The Kier molecular flexibility index (Phi) is 4.70. The summed E-state index contributed by atoms with van der Waals surface area (Å²) in [5.41, 5.74) is 6.25. The fraction of sp³-hybridized carbons (Fsp3) is 0.353. The van der Waals surface area contributed by atoms with Crippen molar-refractivity contribution in [2.45, 2.75) is 30.2 Å². The molecule has 26 heavy (non-hydrogen) atoms. The van der Waals surface area contributed by atoms with E-state index in [9.17, 15) is 13.2 Å². The smallest absolute Gasteiger partial charge is 0.254 e. The molecule has 0 saturated heterocycles. The molecule has 0 spiro atoms. The van der Waals surface area contributed by atoms with Crippen LogP contribution in [0.3, 0.4) is 0 Å². The van der Waals surface area contributed by atoms with Crippen LogP contribution >= 0.6 is 0 Å². The highest BCUT2D eigenvalue weighted by Gasteiger charge is 2.33. The highest BCUT2D eigenvalue weighted by molar-refractivity contribution is 7.90. The van der Waals surface area contributed by atoms with Gasteiger partial charge in [0.2, 0.25) is 0 Å². The third-order valence-electron chi connectivity index (χ3n) is 4.35. The van der Waals surface area contributed by atoms with Gasteiger partial charge >= 0.3 is 0 Å². The van der Waals surface area contributed by atoms with Crippen molar-refractivity contribution in [1.29, 1.82) is 5.26 Å². The molecule has 0 radical (unpaired) electrons. The molecule has 8 nitrogen and oxygen atoms in total. The summed E-state index contributed by atoms with van der Waals surface area (Å²) in [6.45, 7) is 0. The first-order chi connectivity index (χ1) is 12.3. The molecule has 1 fully saturated rings. The topological polar surface area (TPSA) is 131 Å². The van der Waals surface area contributed by atoms with Gasteiger partial charge in [0.1, 0.15) is 5.56 Å². The highest BCUT2D eigenvalue weighted by atomic mass is 32.2. The third-order valence-corrected chi connectivity index (χ3v) is 5.48. The van der Waals surface area contributed by atoms with E-state index in [0.717, 1.165) is 19.1 Å². The normalized spacial score (nSPS) is 15.2. The molecule has 1 aliphatic carbocycles. The SMILES string of the molecule is CS(=O)(=O)c1ccc(Nc2nn([C@@H](CC#N)C3CC3)cc2C(N)=O)cc1. The van der Waals surface area contributed by atoms with E-state index in [-0.39, 0.29) is 22.3 Å². The Morgan fingerprint density at radius 1 is 1.42 bits per heavy atom. The molecule has 3 N–H and O–H groups in total. The van der Waals surface area contributed by atoms with Crippen LogP contribution in [0.2, 0.25) is 0 Å². The number of carbonyl (C=O) groups excluding carboxylic acids is 1. The average molecular weight is 373 g/mol. The number of aromatic nitrogens is 2. The molecule has 1 heterocycles. The molecule has 136 valence electrons. The summed E-state index contributed by atoms with van der Waals surface area (Å²) in [5, 5.41) is 16.5. The van der Waals surface area contributed by atoms with Crippen LogP contribution in [0, 0.1) is 17.2 Å². The fourth-order valence-corrected chi connectivity index (χ4v) is 3.44. The second kappa shape index (κ2) is 6.80. The molecule has 1 amide bonds. The van der Waals surface area contributed by atoms with E-state index in [1.54, 1.807) is 23.0 Å². The van der Waals surface area contributed by atoms with Gasteiger partial charge in [-0.25, -0.2) is 8.42 Å². The maximum atomic E-state index is 11.8. The van der Waals surface area contributed by atoms with Crippen molar-refractivity contribution < 1.29 is 13.2 Å². The maximum absolute atomic E-state index is 11.8. The Morgan fingerprint density at radius 3 is 2.58 bits per heavy atom. The van der Waals surface area contributed by atoms with Crippen LogP contribution in [-0.2, 0) is 9.84 Å². The summed E-state index contributed by atoms with van der Waals surface area (Å²) < 4.78 is 24.7. The van der Waals surface area contributed by atoms with E-state index in [1.807, 2.05) is 0 Å². The van der Waals surface area contributed by atoms with Crippen LogP contribution in [0.25, 0.3) is 0 Å². The van der Waals surface area contributed by atoms with Crippen LogP contribution in [0.4, 0.5) is 11.5 Å². The van der Waals surface area contributed by atoms with Gasteiger partial charge < -0.3 is 11.1 Å². The summed E-state index contributed by atoms with van der Waals surface area (Å²) in [5.74, 6) is 0.0448. The molecule has 0 bridgehead atoms. The third kappa shape index (κ3) is 3.86. The van der Waals surface area contributed by atoms with Gasteiger partial charge in [0.05, 0.1) is 23.4 Å². The molecule has 1 aromatic carbocycles. The van der Waals surface area contributed by atoms with Crippen LogP contribution in [-0.4, -0.2) is 30.4 Å². The molecule has 9 heteroatoms. The predicted molar refractivity (Wildman–Crippen MR) is 95.6 cm³/mol. The Morgan fingerprint density at radius 2 is 2.08 bits per heavy atom. The number of amides is 1. The number of hydrogen-bond donors (Lipinski definition) is 2. The lowest BCUT2D eigenvalue weighted by molar-refractivity contribution is 0.100. The molecule has 0 unspecified atom stereocenters. The van der Waals surface area contributed by atoms with E-state index in [1.165, 1.54) is 12.1 Å². The summed E-state index contributed by atoms with van der Waals surface area (Å²) in [7, 11) is -3.28. The number of primary amides is 1. The summed E-state index contributed by atoms with van der Waals surface area (Å²) in [6.07, 6.45) is 5.08. The van der Waals surface area contributed by atoms with Crippen molar-refractivity contribution in [3.8, 4) is 6.07 Å². The molecular formula is C17H19N5O3S. The van der Waals surface area contributed by atoms with Gasteiger partial charge in [-0.2, -0.15) is 10.4 Å². The van der Waals surface area contributed by atoms with E-state index >= 15 is 0 Å². The van der Waals surface area contributed by atoms with Gasteiger partial charge in [0.15, 0.2) is 15.7 Å². The fourth-order valence-electron chi connectivity index (χ4n) is 2.81. The van der Waals surface area contributed by atoms with Gasteiger partial charge in [-0.15, -0.1) is 0 Å².